The van der Waals surface area contributed by atoms with E-state index in [0.29, 0.717) is 16.6 Å². The zero-order valence-corrected chi connectivity index (χ0v) is 19.9. The van der Waals surface area contributed by atoms with Crippen LogP contribution in [0.1, 0.15) is 43.4 Å². The molecule has 0 spiro atoms. The Hall–Kier alpha value is -1.06. The van der Waals surface area contributed by atoms with E-state index in [-0.39, 0.29) is 24.0 Å². The van der Waals surface area contributed by atoms with Gasteiger partial charge in [-0.1, -0.05) is 35.7 Å². The molecular weight excluding hydrogens is 510 g/mol. The molecule has 0 saturated heterocycles. The Morgan fingerprint density at radius 1 is 1.18 bits per heavy atom. The number of hydrogen-bond donors (Lipinski definition) is 2. The third kappa shape index (κ3) is 6.49. The lowest BCUT2D eigenvalue weighted by atomic mass is 10.2. The molecule has 0 atom stereocenters. The van der Waals surface area contributed by atoms with Gasteiger partial charge in [-0.2, -0.15) is 0 Å². The maximum absolute atomic E-state index is 6.23. The molecule has 1 aromatic heterocycles. The lowest BCUT2D eigenvalue weighted by molar-refractivity contribution is 0.600. The highest BCUT2D eigenvalue weighted by atomic mass is 127. The lowest BCUT2D eigenvalue weighted by Crippen LogP contribution is -2.38. The Morgan fingerprint density at radius 3 is 2.82 bits per heavy atom. The van der Waals surface area contributed by atoms with Crippen molar-refractivity contribution in [1.82, 2.24) is 25.4 Å². The van der Waals surface area contributed by atoms with E-state index in [9.17, 15) is 0 Å². The van der Waals surface area contributed by atoms with Gasteiger partial charge in [0.15, 0.2) is 5.96 Å². The molecular formula is C19H27Cl2IN6. The minimum atomic E-state index is 0. The first kappa shape index (κ1) is 23.2. The summed E-state index contributed by atoms with van der Waals surface area (Å²) >= 11 is 12.2. The Labute approximate surface area is 193 Å². The number of halogens is 3. The van der Waals surface area contributed by atoms with Crippen LogP contribution in [0.2, 0.25) is 10.0 Å². The van der Waals surface area contributed by atoms with Crippen molar-refractivity contribution in [3.05, 3.63) is 45.5 Å². The van der Waals surface area contributed by atoms with E-state index in [2.05, 4.69) is 30.4 Å². The van der Waals surface area contributed by atoms with Crippen LogP contribution in [-0.4, -0.2) is 33.8 Å². The first-order valence-electron chi connectivity index (χ1n) is 9.54. The predicted molar refractivity (Wildman–Crippen MR) is 126 cm³/mol. The minimum Gasteiger partial charge on any atom is -0.357 e. The van der Waals surface area contributed by atoms with Gasteiger partial charge in [0.2, 0.25) is 0 Å². The van der Waals surface area contributed by atoms with Crippen LogP contribution in [0.4, 0.5) is 0 Å². The third-order valence-corrected chi connectivity index (χ3v) is 5.18. The summed E-state index contributed by atoms with van der Waals surface area (Å²) in [6.07, 6.45) is 5.54. The van der Waals surface area contributed by atoms with Crippen molar-refractivity contribution in [2.24, 2.45) is 4.99 Å². The molecule has 0 aliphatic carbocycles. The highest BCUT2D eigenvalue weighted by Gasteiger charge is 2.14. The SMILES string of the molecule is CCNC(=NCc1ccc(Cl)cc1Cl)NCCc1nnc2n1CCCCC2.I. The van der Waals surface area contributed by atoms with E-state index in [0.717, 1.165) is 55.6 Å². The van der Waals surface area contributed by atoms with Crippen LogP contribution in [0.5, 0.6) is 0 Å². The fourth-order valence-electron chi connectivity index (χ4n) is 3.18. The first-order valence-corrected chi connectivity index (χ1v) is 10.3. The zero-order valence-electron chi connectivity index (χ0n) is 16.0. The van der Waals surface area contributed by atoms with E-state index in [1.165, 1.54) is 19.3 Å². The molecule has 1 aliphatic heterocycles. The summed E-state index contributed by atoms with van der Waals surface area (Å²) in [6, 6.07) is 5.48. The van der Waals surface area contributed by atoms with Gasteiger partial charge in [0.1, 0.15) is 11.6 Å². The quantitative estimate of drug-likeness (QED) is 0.329. The van der Waals surface area contributed by atoms with Crippen molar-refractivity contribution in [2.45, 2.75) is 52.1 Å². The fourth-order valence-corrected chi connectivity index (χ4v) is 3.65. The number of aliphatic imine (C=N–C) groups is 1. The largest absolute Gasteiger partial charge is 0.357 e. The fraction of sp³-hybridized carbons (Fsp3) is 0.526. The van der Waals surface area contributed by atoms with Crippen molar-refractivity contribution in [2.75, 3.05) is 13.1 Å². The standard InChI is InChI=1S/C19H26Cl2N6.HI/c1-2-22-19(24-13-14-7-8-15(20)12-16(14)21)23-10-9-18-26-25-17-6-4-3-5-11-27(17)18;/h7-8,12H,2-6,9-11,13H2,1H3,(H2,22,23,24);1H. The van der Waals surface area contributed by atoms with Gasteiger partial charge in [-0.15, -0.1) is 34.2 Å². The molecule has 6 nitrogen and oxygen atoms in total. The molecule has 0 amide bonds. The molecule has 3 rings (SSSR count). The molecule has 28 heavy (non-hydrogen) atoms. The first-order chi connectivity index (χ1) is 13.2. The van der Waals surface area contributed by atoms with Crippen LogP contribution < -0.4 is 10.6 Å². The van der Waals surface area contributed by atoms with Crippen molar-refractivity contribution in [3.63, 3.8) is 0 Å². The normalized spacial score (nSPS) is 14.0. The molecule has 2 aromatic rings. The average molecular weight is 537 g/mol. The molecule has 0 unspecified atom stereocenters. The number of guanidine groups is 1. The molecule has 1 aliphatic rings. The van der Waals surface area contributed by atoms with Crippen LogP contribution in [0, 0.1) is 0 Å². The molecule has 1 aromatic carbocycles. The Bertz CT molecular complexity index is 793. The molecule has 0 bridgehead atoms. The van der Waals surface area contributed by atoms with Crippen LogP contribution in [-0.2, 0) is 25.9 Å². The monoisotopic (exact) mass is 536 g/mol. The van der Waals surface area contributed by atoms with E-state index < -0.39 is 0 Å². The Balaban J connectivity index is 0.00000280. The van der Waals surface area contributed by atoms with E-state index in [1.807, 2.05) is 19.1 Å². The van der Waals surface area contributed by atoms with Crippen molar-refractivity contribution >= 4 is 53.1 Å². The van der Waals surface area contributed by atoms with Crippen molar-refractivity contribution in [3.8, 4) is 0 Å². The summed E-state index contributed by atoms with van der Waals surface area (Å²) in [5.74, 6) is 2.94. The van der Waals surface area contributed by atoms with E-state index in [1.54, 1.807) is 6.07 Å². The van der Waals surface area contributed by atoms with Gasteiger partial charge in [-0.25, -0.2) is 4.99 Å². The Kier molecular flexibility index (Phi) is 9.81. The van der Waals surface area contributed by atoms with Gasteiger partial charge < -0.3 is 15.2 Å². The molecule has 154 valence electrons. The van der Waals surface area contributed by atoms with Gasteiger partial charge in [0.25, 0.3) is 0 Å². The molecule has 2 heterocycles. The number of fused-ring (bicyclic) bond motifs is 1. The summed E-state index contributed by atoms with van der Waals surface area (Å²) in [6.45, 7) is 5.11. The highest BCUT2D eigenvalue weighted by Crippen LogP contribution is 2.21. The number of nitrogens with zero attached hydrogens (tertiary/aromatic N) is 4. The zero-order chi connectivity index (χ0) is 19.1. The molecule has 0 saturated carbocycles. The van der Waals surface area contributed by atoms with Gasteiger partial charge in [-0.05, 0) is 37.5 Å². The second-order valence-corrected chi connectivity index (χ2v) is 7.45. The highest BCUT2D eigenvalue weighted by molar-refractivity contribution is 14.0. The van der Waals surface area contributed by atoms with Gasteiger partial charge in [-0.3, -0.25) is 0 Å². The predicted octanol–water partition coefficient (Wildman–Crippen LogP) is 4.23. The number of hydrogen-bond acceptors (Lipinski definition) is 3. The second kappa shape index (κ2) is 11.8. The summed E-state index contributed by atoms with van der Waals surface area (Å²) in [7, 11) is 0. The maximum Gasteiger partial charge on any atom is 0.191 e. The van der Waals surface area contributed by atoms with Gasteiger partial charge in [0.05, 0.1) is 6.54 Å². The maximum atomic E-state index is 6.23. The minimum absolute atomic E-state index is 0. The van der Waals surface area contributed by atoms with E-state index >= 15 is 0 Å². The van der Waals surface area contributed by atoms with Crippen LogP contribution in [0.25, 0.3) is 0 Å². The number of aromatic nitrogens is 3. The van der Waals surface area contributed by atoms with Gasteiger partial charge >= 0.3 is 0 Å². The van der Waals surface area contributed by atoms with Crippen molar-refractivity contribution < 1.29 is 0 Å². The smallest absolute Gasteiger partial charge is 0.191 e. The Morgan fingerprint density at radius 2 is 2.04 bits per heavy atom. The molecule has 0 radical (unpaired) electrons. The molecule has 2 N–H and O–H groups in total. The third-order valence-electron chi connectivity index (χ3n) is 4.59. The number of rotatable bonds is 6. The van der Waals surface area contributed by atoms with E-state index in [4.69, 9.17) is 23.2 Å². The summed E-state index contributed by atoms with van der Waals surface area (Å²) < 4.78 is 2.28. The van der Waals surface area contributed by atoms with Crippen LogP contribution in [0.3, 0.4) is 0 Å². The van der Waals surface area contributed by atoms with Crippen molar-refractivity contribution in [1.29, 1.82) is 0 Å². The second-order valence-electron chi connectivity index (χ2n) is 6.60. The number of nitrogens with one attached hydrogen (secondary N) is 2. The number of benzene rings is 1. The lowest BCUT2D eigenvalue weighted by Gasteiger charge is -2.12. The number of aryl methyl sites for hydroxylation is 1. The van der Waals surface area contributed by atoms with Gasteiger partial charge in [0, 0.05) is 42.5 Å². The van der Waals surface area contributed by atoms with Crippen LogP contribution in [0.15, 0.2) is 23.2 Å². The van der Waals surface area contributed by atoms with Crippen LogP contribution >= 0.6 is 47.2 Å². The molecule has 9 heteroatoms. The summed E-state index contributed by atoms with van der Waals surface area (Å²) in [5.41, 5.74) is 0.945. The topological polar surface area (TPSA) is 67.1 Å². The average Bonchev–Trinajstić information content (AvgIpc) is 2.87. The summed E-state index contributed by atoms with van der Waals surface area (Å²) in [5, 5.41) is 16.6. The summed E-state index contributed by atoms with van der Waals surface area (Å²) in [4.78, 5) is 4.62. The molecule has 0 fully saturated rings.